The van der Waals surface area contributed by atoms with Crippen LogP contribution in [0.4, 0.5) is 0 Å². The normalized spacial score (nSPS) is 20.4. The minimum absolute atomic E-state index is 0.125. The summed E-state index contributed by atoms with van der Waals surface area (Å²) in [5.74, 6) is 0.462. The van der Waals surface area contributed by atoms with Crippen LogP contribution in [0.5, 0.6) is 0 Å². The van der Waals surface area contributed by atoms with E-state index in [9.17, 15) is 8.42 Å². The number of ether oxygens (including phenoxy) is 1. The van der Waals surface area contributed by atoms with E-state index in [2.05, 4.69) is 4.72 Å². The zero-order valence-corrected chi connectivity index (χ0v) is 11.6. The molecule has 0 radical (unpaired) electrons. The molecule has 1 fully saturated rings. The summed E-state index contributed by atoms with van der Waals surface area (Å²) in [6.07, 6.45) is 1.81. The topological polar surface area (TPSA) is 75.6 Å². The molecular formula is C11H17NO4S2. The second kappa shape index (κ2) is 6.12. The van der Waals surface area contributed by atoms with Crippen molar-refractivity contribution in [2.45, 2.75) is 23.7 Å². The van der Waals surface area contributed by atoms with E-state index >= 15 is 0 Å². The van der Waals surface area contributed by atoms with Crippen LogP contribution in [-0.4, -0.2) is 33.3 Å². The molecule has 1 aromatic rings. The highest BCUT2D eigenvalue weighted by Crippen LogP contribution is 2.21. The Bertz CT molecular complexity index is 477. The molecule has 0 aromatic carbocycles. The summed E-state index contributed by atoms with van der Waals surface area (Å²) in [5, 5.41) is 8.92. The number of sulfonamides is 1. The van der Waals surface area contributed by atoms with Crippen molar-refractivity contribution in [2.75, 3.05) is 19.8 Å². The number of hydrogen-bond acceptors (Lipinski definition) is 5. The fourth-order valence-corrected chi connectivity index (χ4v) is 4.18. The Labute approximate surface area is 111 Å². The summed E-state index contributed by atoms with van der Waals surface area (Å²) in [6.45, 7) is 1.82. The van der Waals surface area contributed by atoms with Gasteiger partial charge >= 0.3 is 0 Å². The van der Waals surface area contributed by atoms with Gasteiger partial charge in [-0.1, -0.05) is 0 Å². The van der Waals surface area contributed by atoms with Crippen molar-refractivity contribution >= 4 is 21.4 Å². The Morgan fingerprint density at radius 1 is 1.50 bits per heavy atom. The van der Waals surface area contributed by atoms with Gasteiger partial charge in [-0.25, -0.2) is 13.1 Å². The van der Waals surface area contributed by atoms with Crippen molar-refractivity contribution in [3.8, 4) is 0 Å². The molecule has 0 spiro atoms. The number of hydrogen-bond donors (Lipinski definition) is 2. The van der Waals surface area contributed by atoms with Gasteiger partial charge < -0.3 is 9.84 Å². The van der Waals surface area contributed by atoms with Crippen molar-refractivity contribution in [3.63, 3.8) is 0 Å². The molecule has 0 bridgehead atoms. The third-order valence-electron chi connectivity index (χ3n) is 2.93. The average Bonchev–Trinajstić information content (AvgIpc) is 2.99. The number of nitrogens with one attached hydrogen (secondary N) is 1. The van der Waals surface area contributed by atoms with Crippen molar-refractivity contribution in [2.24, 2.45) is 5.92 Å². The van der Waals surface area contributed by atoms with Gasteiger partial charge in [-0.3, -0.25) is 0 Å². The van der Waals surface area contributed by atoms with Gasteiger partial charge in [0.15, 0.2) is 0 Å². The maximum atomic E-state index is 11.9. The molecule has 102 valence electrons. The number of aliphatic hydroxyl groups excluding tert-OH is 1. The summed E-state index contributed by atoms with van der Waals surface area (Å²) in [6, 6.07) is 3.15. The first-order valence-electron chi connectivity index (χ1n) is 5.89. The molecule has 2 heterocycles. The lowest BCUT2D eigenvalue weighted by Crippen LogP contribution is -2.25. The van der Waals surface area contributed by atoms with Crippen LogP contribution in [0.15, 0.2) is 16.3 Å². The van der Waals surface area contributed by atoms with Crippen LogP contribution < -0.4 is 4.72 Å². The van der Waals surface area contributed by atoms with Gasteiger partial charge in [0.25, 0.3) is 0 Å². The second-order valence-electron chi connectivity index (χ2n) is 4.29. The van der Waals surface area contributed by atoms with Crippen molar-refractivity contribution in [1.82, 2.24) is 4.72 Å². The molecule has 1 unspecified atom stereocenters. The summed E-state index contributed by atoms with van der Waals surface area (Å²) >= 11 is 1.10. The van der Waals surface area contributed by atoms with Crippen molar-refractivity contribution in [3.05, 3.63) is 17.0 Å². The van der Waals surface area contributed by atoms with Gasteiger partial charge in [-0.15, -0.1) is 11.3 Å². The van der Waals surface area contributed by atoms with Crippen molar-refractivity contribution < 1.29 is 18.3 Å². The highest BCUT2D eigenvalue weighted by atomic mass is 32.2. The molecule has 0 saturated carbocycles. The van der Waals surface area contributed by atoms with Crippen LogP contribution in [0.2, 0.25) is 0 Å². The SMILES string of the molecule is O=S(=O)(NCCC1CCOC1)c1ccc(CO)s1. The molecule has 1 aliphatic heterocycles. The number of aliphatic hydroxyl groups is 1. The van der Waals surface area contributed by atoms with E-state index in [4.69, 9.17) is 9.84 Å². The van der Waals surface area contributed by atoms with E-state index < -0.39 is 10.0 Å². The van der Waals surface area contributed by atoms with E-state index in [0.29, 0.717) is 17.3 Å². The van der Waals surface area contributed by atoms with Crippen LogP contribution >= 0.6 is 11.3 Å². The third-order valence-corrected chi connectivity index (χ3v) is 5.95. The van der Waals surface area contributed by atoms with E-state index in [0.717, 1.165) is 37.4 Å². The first kappa shape index (κ1) is 14.0. The minimum atomic E-state index is -3.42. The van der Waals surface area contributed by atoms with E-state index in [1.807, 2.05) is 0 Å². The monoisotopic (exact) mass is 291 g/mol. The summed E-state index contributed by atoms with van der Waals surface area (Å²) in [5.41, 5.74) is 0. The average molecular weight is 291 g/mol. The Kier molecular flexibility index (Phi) is 4.74. The zero-order chi connectivity index (χ0) is 13.0. The van der Waals surface area contributed by atoms with Crippen LogP contribution in [0, 0.1) is 5.92 Å². The molecule has 1 atom stereocenters. The predicted octanol–water partition coefficient (Wildman–Crippen LogP) is 0.945. The predicted molar refractivity (Wildman–Crippen MR) is 69.0 cm³/mol. The molecule has 1 aromatic heterocycles. The first-order valence-corrected chi connectivity index (χ1v) is 8.19. The quantitative estimate of drug-likeness (QED) is 0.818. The fourth-order valence-electron chi connectivity index (χ4n) is 1.87. The standard InChI is InChI=1S/C11H17NO4S2/c13-7-10-1-2-11(17-10)18(14,15)12-5-3-9-4-6-16-8-9/h1-2,9,12-13H,3-8H2. The lowest BCUT2D eigenvalue weighted by molar-refractivity contribution is 0.184. The maximum absolute atomic E-state index is 11.9. The summed E-state index contributed by atoms with van der Waals surface area (Å²) in [4.78, 5) is 0.652. The van der Waals surface area contributed by atoms with Crippen LogP contribution in [0.25, 0.3) is 0 Å². The molecule has 0 aliphatic carbocycles. The molecule has 2 N–H and O–H groups in total. The maximum Gasteiger partial charge on any atom is 0.250 e. The zero-order valence-electron chi connectivity index (χ0n) is 9.96. The molecule has 18 heavy (non-hydrogen) atoms. The molecule has 5 nitrogen and oxygen atoms in total. The van der Waals surface area contributed by atoms with E-state index in [-0.39, 0.29) is 10.8 Å². The van der Waals surface area contributed by atoms with E-state index in [1.54, 1.807) is 6.07 Å². The largest absolute Gasteiger partial charge is 0.391 e. The van der Waals surface area contributed by atoms with Gasteiger partial charge in [0, 0.05) is 24.6 Å². The smallest absolute Gasteiger partial charge is 0.250 e. The van der Waals surface area contributed by atoms with Crippen LogP contribution in [0.3, 0.4) is 0 Å². The summed E-state index contributed by atoms with van der Waals surface area (Å²) in [7, 11) is -3.42. The lowest BCUT2D eigenvalue weighted by atomic mass is 10.1. The van der Waals surface area contributed by atoms with Crippen molar-refractivity contribution in [1.29, 1.82) is 0 Å². The van der Waals surface area contributed by atoms with Gasteiger partial charge in [0.1, 0.15) is 4.21 Å². The van der Waals surface area contributed by atoms with Gasteiger partial charge in [-0.2, -0.15) is 0 Å². The third kappa shape index (κ3) is 3.52. The highest BCUT2D eigenvalue weighted by Gasteiger charge is 2.19. The molecule has 7 heteroatoms. The van der Waals surface area contributed by atoms with Gasteiger partial charge in [0.2, 0.25) is 10.0 Å². The Hall–Kier alpha value is -0.470. The van der Waals surface area contributed by atoms with Gasteiger partial charge in [-0.05, 0) is 30.9 Å². The Morgan fingerprint density at radius 3 is 2.94 bits per heavy atom. The molecule has 1 aliphatic rings. The molecular weight excluding hydrogens is 274 g/mol. The molecule has 1 saturated heterocycles. The lowest BCUT2D eigenvalue weighted by Gasteiger charge is -2.08. The number of rotatable bonds is 6. The second-order valence-corrected chi connectivity index (χ2v) is 7.46. The number of thiophene rings is 1. The van der Waals surface area contributed by atoms with Crippen LogP contribution in [-0.2, 0) is 21.4 Å². The fraction of sp³-hybridized carbons (Fsp3) is 0.636. The Morgan fingerprint density at radius 2 is 2.33 bits per heavy atom. The van der Waals surface area contributed by atoms with Crippen LogP contribution in [0.1, 0.15) is 17.7 Å². The highest BCUT2D eigenvalue weighted by molar-refractivity contribution is 7.91. The molecule has 2 rings (SSSR count). The first-order chi connectivity index (χ1) is 8.62. The minimum Gasteiger partial charge on any atom is -0.391 e. The summed E-state index contributed by atoms with van der Waals surface area (Å²) < 4.78 is 31.9. The Balaban J connectivity index is 1.86. The van der Waals surface area contributed by atoms with E-state index in [1.165, 1.54) is 6.07 Å². The molecule has 0 amide bonds. The van der Waals surface area contributed by atoms with Gasteiger partial charge in [0.05, 0.1) is 6.61 Å².